The SMILES string of the molecule is CNCC(C)OC(C)C(=O)NCC(C)C. The van der Waals surface area contributed by atoms with Gasteiger partial charge in [-0.05, 0) is 26.8 Å². The number of likely N-dealkylation sites (N-methyl/N-ethyl adjacent to an activating group) is 1. The summed E-state index contributed by atoms with van der Waals surface area (Å²) in [7, 11) is 1.86. The molecule has 0 rings (SSSR count). The highest BCUT2D eigenvalue weighted by Crippen LogP contribution is 1.98. The number of amides is 1. The maximum atomic E-state index is 11.5. The molecule has 2 atom stereocenters. The van der Waals surface area contributed by atoms with Crippen LogP contribution in [0.25, 0.3) is 0 Å². The Bertz CT molecular complexity index is 183. The van der Waals surface area contributed by atoms with E-state index in [0.717, 1.165) is 6.54 Å². The average Bonchev–Trinajstić information content (AvgIpc) is 2.14. The zero-order valence-electron chi connectivity index (χ0n) is 10.5. The maximum Gasteiger partial charge on any atom is 0.248 e. The summed E-state index contributed by atoms with van der Waals surface area (Å²) in [5.74, 6) is 0.433. The van der Waals surface area contributed by atoms with Crippen LogP contribution >= 0.6 is 0 Å². The molecule has 0 spiro atoms. The molecule has 0 bridgehead atoms. The molecule has 0 aliphatic heterocycles. The Morgan fingerprint density at radius 1 is 1.20 bits per heavy atom. The fourth-order valence-electron chi connectivity index (χ4n) is 1.19. The molecule has 0 saturated heterocycles. The highest BCUT2D eigenvalue weighted by atomic mass is 16.5. The Hall–Kier alpha value is -0.610. The van der Waals surface area contributed by atoms with Gasteiger partial charge in [0.1, 0.15) is 6.10 Å². The van der Waals surface area contributed by atoms with Crippen LogP contribution in [0.5, 0.6) is 0 Å². The van der Waals surface area contributed by atoms with Gasteiger partial charge in [-0.1, -0.05) is 13.8 Å². The lowest BCUT2D eigenvalue weighted by molar-refractivity contribution is -0.134. The molecule has 2 N–H and O–H groups in total. The Balaban J connectivity index is 3.78. The summed E-state index contributed by atoms with van der Waals surface area (Å²) in [6.45, 7) is 9.31. The van der Waals surface area contributed by atoms with Gasteiger partial charge >= 0.3 is 0 Å². The summed E-state index contributed by atoms with van der Waals surface area (Å²) in [4.78, 5) is 11.5. The first-order chi connectivity index (χ1) is 6.97. The quantitative estimate of drug-likeness (QED) is 0.661. The standard InChI is InChI=1S/C11H24N2O2/c1-8(2)6-13-11(14)10(4)15-9(3)7-12-5/h8-10,12H,6-7H2,1-5H3,(H,13,14). The maximum absolute atomic E-state index is 11.5. The zero-order valence-corrected chi connectivity index (χ0v) is 10.5. The van der Waals surface area contributed by atoms with Crippen molar-refractivity contribution in [3.05, 3.63) is 0 Å². The molecule has 2 unspecified atom stereocenters. The summed E-state index contributed by atoms with van der Waals surface area (Å²) < 4.78 is 5.51. The predicted molar refractivity (Wildman–Crippen MR) is 61.8 cm³/mol. The van der Waals surface area contributed by atoms with Crippen molar-refractivity contribution in [1.82, 2.24) is 10.6 Å². The van der Waals surface area contributed by atoms with Crippen LogP contribution in [0.4, 0.5) is 0 Å². The van der Waals surface area contributed by atoms with Crippen molar-refractivity contribution in [2.75, 3.05) is 20.1 Å². The van der Waals surface area contributed by atoms with E-state index in [1.54, 1.807) is 6.92 Å². The molecule has 4 nitrogen and oxygen atoms in total. The van der Waals surface area contributed by atoms with E-state index in [4.69, 9.17) is 4.74 Å². The summed E-state index contributed by atoms with van der Waals surface area (Å²) in [5, 5.41) is 5.85. The van der Waals surface area contributed by atoms with Gasteiger partial charge in [0.05, 0.1) is 6.10 Å². The van der Waals surface area contributed by atoms with Gasteiger partial charge in [0.2, 0.25) is 5.91 Å². The molecular weight excluding hydrogens is 192 g/mol. The Labute approximate surface area is 92.8 Å². The van der Waals surface area contributed by atoms with Crippen molar-refractivity contribution in [1.29, 1.82) is 0 Å². The van der Waals surface area contributed by atoms with E-state index in [1.807, 2.05) is 14.0 Å². The van der Waals surface area contributed by atoms with Gasteiger partial charge in [-0.3, -0.25) is 4.79 Å². The Kier molecular flexibility index (Phi) is 7.34. The number of nitrogens with one attached hydrogen (secondary N) is 2. The molecule has 0 aromatic carbocycles. The monoisotopic (exact) mass is 216 g/mol. The molecule has 0 aromatic rings. The molecule has 0 aromatic heterocycles. The third-order valence-electron chi connectivity index (χ3n) is 1.98. The molecule has 0 radical (unpaired) electrons. The predicted octanol–water partition coefficient (Wildman–Crippen LogP) is 0.772. The molecule has 0 saturated carbocycles. The molecular formula is C11H24N2O2. The zero-order chi connectivity index (χ0) is 11.8. The minimum atomic E-state index is -0.382. The van der Waals surface area contributed by atoms with E-state index >= 15 is 0 Å². The van der Waals surface area contributed by atoms with Crippen LogP contribution in [0.2, 0.25) is 0 Å². The molecule has 0 fully saturated rings. The van der Waals surface area contributed by atoms with E-state index in [2.05, 4.69) is 24.5 Å². The number of carbonyl (C=O) groups excluding carboxylic acids is 1. The summed E-state index contributed by atoms with van der Waals surface area (Å²) in [5.41, 5.74) is 0. The number of ether oxygens (including phenoxy) is 1. The van der Waals surface area contributed by atoms with Gasteiger partial charge in [0.15, 0.2) is 0 Å². The topological polar surface area (TPSA) is 50.4 Å². The van der Waals surface area contributed by atoms with Crippen LogP contribution in [-0.4, -0.2) is 38.3 Å². The molecule has 0 aliphatic carbocycles. The van der Waals surface area contributed by atoms with Crippen LogP contribution in [0, 0.1) is 5.92 Å². The molecule has 0 heterocycles. The Morgan fingerprint density at radius 3 is 2.27 bits per heavy atom. The fraction of sp³-hybridized carbons (Fsp3) is 0.909. The van der Waals surface area contributed by atoms with Crippen molar-refractivity contribution < 1.29 is 9.53 Å². The first kappa shape index (κ1) is 14.4. The van der Waals surface area contributed by atoms with Gasteiger partial charge in [-0.2, -0.15) is 0 Å². The van der Waals surface area contributed by atoms with Gasteiger partial charge in [-0.25, -0.2) is 0 Å². The van der Waals surface area contributed by atoms with Crippen molar-refractivity contribution in [3.8, 4) is 0 Å². The molecule has 4 heteroatoms. The van der Waals surface area contributed by atoms with Gasteiger partial charge < -0.3 is 15.4 Å². The lowest BCUT2D eigenvalue weighted by Gasteiger charge is -2.19. The molecule has 90 valence electrons. The van der Waals surface area contributed by atoms with Gasteiger partial charge in [0, 0.05) is 13.1 Å². The second-order valence-electron chi connectivity index (χ2n) is 4.29. The van der Waals surface area contributed by atoms with E-state index in [9.17, 15) is 4.79 Å². The second kappa shape index (κ2) is 7.65. The largest absolute Gasteiger partial charge is 0.364 e. The van der Waals surface area contributed by atoms with Crippen LogP contribution < -0.4 is 10.6 Å². The highest BCUT2D eigenvalue weighted by Gasteiger charge is 2.15. The van der Waals surface area contributed by atoms with Crippen LogP contribution in [-0.2, 0) is 9.53 Å². The molecule has 1 amide bonds. The van der Waals surface area contributed by atoms with Crippen molar-refractivity contribution in [2.45, 2.75) is 39.9 Å². The van der Waals surface area contributed by atoms with Crippen LogP contribution in [0.1, 0.15) is 27.7 Å². The number of hydrogen-bond donors (Lipinski definition) is 2. The third-order valence-corrected chi connectivity index (χ3v) is 1.98. The lowest BCUT2D eigenvalue weighted by Crippen LogP contribution is -2.39. The summed E-state index contributed by atoms with van der Waals surface area (Å²) >= 11 is 0. The average molecular weight is 216 g/mol. The van der Waals surface area contributed by atoms with E-state index < -0.39 is 0 Å². The molecule has 0 aliphatic rings. The van der Waals surface area contributed by atoms with Gasteiger partial charge in [-0.15, -0.1) is 0 Å². The first-order valence-corrected chi connectivity index (χ1v) is 5.55. The van der Waals surface area contributed by atoms with Gasteiger partial charge in [0.25, 0.3) is 0 Å². The number of rotatable bonds is 7. The summed E-state index contributed by atoms with van der Waals surface area (Å²) in [6, 6.07) is 0. The van der Waals surface area contributed by atoms with Crippen molar-refractivity contribution in [2.24, 2.45) is 5.92 Å². The summed E-state index contributed by atoms with van der Waals surface area (Å²) in [6.07, 6.45) is -0.332. The molecule has 15 heavy (non-hydrogen) atoms. The van der Waals surface area contributed by atoms with E-state index in [0.29, 0.717) is 12.5 Å². The second-order valence-corrected chi connectivity index (χ2v) is 4.29. The van der Waals surface area contributed by atoms with E-state index in [1.165, 1.54) is 0 Å². The fourth-order valence-corrected chi connectivity index (χ4v) is 1.19. The van der Waals surface area contributed by atoms with E-state index in [-0.39, 0.29) is 18.1 Å². The number of hydrogen-bond acceptors (Lipinski definition) is 3. The Morgan fingerprint density at radius 2 is 1.80 bits per heavy atom. The van der Waals surface area contributed by atoms with Crippen LogP contribution in [0.15, 0.2) is 0 Å². The normalized spacial score (nSPS) is 15.1. The minimum Gasteiger partial charge on any atom is -0.364 e. The van der Waals surface area contributed by atoms with Crippen molar-refractivity contribution in [3.63, 3.8) is 0 Å². The minimum absolute atomic E-state index is 0.0355. The number of carbonyl (C=O) groups is 1. The van der Waals surface area contributed by atoms with Crippen LogP contribution in [0.3, 0.4) is 0 Å². The highest BCUT2D eigenvalue weighted by molar-refractivity contribution is 5.80. The first-order valence-electron chi connectivity index (χ1n) is 5.55. The third kappa shape index (κ3) is 7.33. The lowest BCUT2D eigenvalue weighted by atomic mass is 10.2. The smallest absolute Gasteiger partial charge is 0.248 e. The van der Waals surface area contributed by atoms with Crippen molar-refractivity contribution >= 4 is 5.91 Å².